The van der Waals surface area contributed by atoms with Crippen molar-refractivity contribution < 1.29 is 14.1 Å². The van der Waals surface area contributed by atoms with Crippen LogP contribution in [0.3, 0.4) is 0 Å². The molecule has 26 heavy (non-hydrogen) atoms. The number of nitrogens with one attached hydrogen (secondary N) is 2. The number of rotatable bonds is 4. The van der Waals surface area contributed by atoms with Crippen molar-refractivity contribution in [2.45, 2.75) is 6.92 Å². The molecular weight excluding hydrogens is 379 g/mol. The molecule has 2 aromatic heterocycles. The van der Waals surface area contributed by atoms with Crippen LogP contribution in [0.15, 0.2) is 47.1 Å². The fourth-order valence-electron chi connectivity index (χ4n) is 2.10. The van der Waals surface area contributed by atoms with E-state index in [2.05, 4.69) is 20.8 Å². The number of hydrogen-bond acceptors (Lipinski definition) is 5. The van der Waals surface area contributed by atoms with Gasteiger partial charge in [0.1, 0.15) is 11.5 Å². The van der Waals surface area contributed by atoms with Crippen LogP contribution in [-0.4, -0.2) is 22.0 Å². The summed E-state index contributed by atoms with van der Waals surface area (Å²) in [6, 6.07) is 9.29. The van der Waals surface area contributed by atoms with Gasteiger partial charge in [-0.2, -0.15) is 0 Å². The van der Waals surface area contributed by atoms with Crippen LogP contribution in [0.1, 0.15) is 26.6 Å². The number of carbonyl (C=O) groups is 2. The molecule has 3 rings (SSSR count). The number of pyridine rings is 1. The number of hydrogen-bond donors (Lipinski definition) is 2. The molecule has 0 spiro atoms. The summed E-state index contributed by atoms with van der Waals surface area (Å²) in [6.45, 7) is 1.70. The lowest BCUT2D eigenvalue weighted by molar-refractivity contribution is 0.102. The predicted molar refractivity (Wildman–Crippen MR) is 97.8 cm³/mol. The second-order valence-corrected chi connectivity index (χ2v) is 6.05. The maximum absolute atomic E-state index is 12.4. The molecular formula is C17H12Cl2N4O3. The molecule has 7 nitrogen and oxygen atoms in total. The largest absolute Gasteiger partial charge is 0.360 e. The summed E-state index contributed by atoms with van der Waals surface area (Å²) in [4.78, 5) is 28.6. The number of aromatic nitrogens is 2. The van der Waals surface area contributed by atoms with Gasteiger partial charge in [-0.1, -0.05) is 34.4 Å². The number of amides is 2. The first kappa shape index (κ1) is 17.9. The van der Waals surface area contributed by atoms with Gasteiger partial charge in [-0.15, -0.1) is 0 Å². The molecule has 2 heterocycles. The van der Waals surface area contributed by atoms with Crippen molar-refractivity contribution in [1.29, 1.82) is 0 Å². The zero-order valence-electron chi connectivity index (χ0n) is 13.4. The van der Waals surface area contributed by atoms with Crippen molar-refractivity contribution in [3.8, 4) is 0 Å². The van der Waals surface area contributed by atoms with Crippen LogP contribution in [0.5, 0.6) is 0 Å². The normalized spacial score (nSPS) is 10.4. The van der Waals surface area contributed by atoms with E-state index in [0.717, 1.165) is 0 Å². The van der Waals surface area contributed by atoms with E-state index in [1.807, 2.05) is 0 Å². The van der Waals surface area contributed by atoms with Gasteiger partial charge < -0.3 is 15.2 Å². The first-order valence-electron chi connectivity index (χ1n) is 7.40. The van der Waals surface area contributed by atoms with Gasteiger partial charge in [0.25, 0.3) is 11.8 Å². The Bertz CT molecular complexity index is 988. The third kappa shape index (κ3) is 4.01. The Balaban J connectivity index is 1.76. The van der Waals surface area contributed by atoms with Gasteiger partial charge in [-0.25, -0.2) is 0 Å². The van der Waals surface area contributed by atoms with Crippen LogP contribution < -0.4 is 10.6 Å². The highest BCUT2D eigenvalue weighted by molar-refractivity contribution is 6.44. The first-order chi connectivity index (χ1) is 12.4. The van der Waals surface area contributed by atoms with E-state index >= 15 is 0 Å². The van der Waals surface area contributed by atoms with E-state index < -0.39 is 11.8 Å². The number of benzene rings is 1. The number of halogens is 2. The summed E-state index contributed by atoms with van der Waals surface area (Å²) < 4.78 is 4.88. The van der Waals surface area contributed by atoms with Crippen molar-refractivity contribution >= 4 is 46.5 Å². The molecule has 2 N–H and O–H groups in total. The first-order valence-corrected chi connectivity index (χ1v) is 8.15. The summed E-state index contributed by atoms with van der Waals surface area (Å²) in [5.74, 6) is -0.161. The zero-order valence-corrected chi connectivity index (χ0v) is 14.9. The summed E-state index contributed by atoms with van der Waals surface area (Å²) in [5, 5.41) is 9.40. The van der Waals surface area contributed by atoms with Crippen molar-refractivity contribution in [3.63, 3.8) is 0 Å². The van der Waals surface area contributed by atoms with Crippen molar-refractivity contribution in [3.05, 3.63) is 69.7 Å². The van der Waals surface area contributed by atoms with Crippen LogP contribution in [0.4, 0.5) is 11.5 Å². The molecule has 0 bridgehead atoms. The minimum atomic E-state index is -0.520. The lowest BCUT2D eigenvalue weighted by Gasteiger charge is -2.09. The number of aryl methyl sites for hydroxylation is 1. The summed E-state index contributed by atoms with van der Waals surface area (Å²) >= 11 is 12.0. The molecule has 0 radical (unpaired) electrons. The average Bonchev–Trinajstić information content (AvgIpc) is 3.03. The Kier molecular flexibility index (Phi) is 5.20. The predicted octanol–water partition coefficient (Wildman–Crippen LogP) is 4.19. The highest BCUT2D eigenvalue weighted by Gasteiger charge is 2.15. The van der Waals surface area contributed by atoms with Gasteiger partial charge in [-0.3, -0.25) is 14.6 Å². The minimum absolute atomic E-state index is 0.0514. The van der Waals surface area contributed by atoms with Crippen LogP contribution in [0.25, 0.3) is 0 Å². The van der Waals surface area contributed by atoms with E-state index in [0.29, 0.717) is 16.5 Å². The Morgan fingerprint density at radius 1 is 1.08 bits per heavy atom. The van der Waals surface area contributed by atoms with Gasteiger partial charge in [0.05, 0.1) is 15.7 Å². The maximum atomic E-state index is 12.4. The Labute approximate surface area is 158 Å². The second-order valence-electron chi connectivity index (χ2n) is 5.26. The molecule has 1 aromatic carbocycles. The molecule has 3 aromatic rings. The Morgan fingerprint density at radius 3 is 2.62 bits per heavy atom. The molecule has 0 aliphatic rings. The summed E-state index contributed by atoms with van der Waals surface area (Å²) in [6.07, 6.45) is 1.36. The average molecular weight is 391 g/mol. The number of nitrogens with zero attached hydrogens (tertiary/aromatic N) is 2. The highest BCUT2D eigenvalue weighted by atomic mass is 35.5. The standard InChI is InChI=1S/C17H12Cl2N4O3/c1-9-7-14(23-26-9)22-17(25)13-8-10(5-6-20-13)16(24)21-12-4-2-3-11(18)15(12)19/h2-8H,1H3,(H,21,24)(H,22,23,25). The minimum Gasteiger partial charge on any atom is -0.360 e. The molecule has 0 saturated carbocycles. The molecule has 2 amide bonds. The fraction of sp³-hybridized carbons (Fsp3) is 0.0588. The lowest BCUT2D eigenvalue weighted by Crippen LogP contribution is -2.17. The van der Waals surface area contributed by atoms with Gasteiger partial charge in [0, 0.05) is 17.8 Å². The van der Waals surface area contributed by atoms with Crippen LogP contribution >= 0.6 is 23.2 Å². The van der Waals surface area contributed by atoms with Crippen LogP contribution in [0, 0.1) is 6.92 Å². The maximum Gasteiger partial charge on any atom is 0.275 e. The lowest BCUT2D eigenvalue weighted by atomic mass is 10.2. The zero-order chi connectivity index (χ0) is 18.7. The smallest absolute Gasteiger partial charge is 0.275 e. The van der Waals surface area contributed by atoms with Crippen molar-refractivity contribution in [2.24, 2.45) is 0 Å². The Morgan fingerprint density at radius 2 is 1.88 bits per heavy atom. The quantitative estimate of drug-likeness (QED) is 0.695. The van der Waals surface area contributed by atoms with E-state index in [1.54, 1.807) is 31.2 Å². The fourth-order valence-corrected chi connectivity index (χ4v) is 2.44. The Hall–Kier alpha value is -2.90. The molecule has 0 aliphatic carbocycles. The van der Waals surface area contributed by atoms with Gasteiger partial charge in [0.2, 0.25) is 0 Å². The van der Waals surface area contributed by atoms with Gasteiger partial charge in [0.15, 0.2) is 5.82 Å². The van der Waals surface area contributed by atoms with E-state index in [1.165, 1.54) is 18.3 Å². The summed E-state index contributed by atoms with van der Waals surface area (Å²) in [7, 11) is 0. The van der Waals surface area contributed by atoms with Gasteiger partial charge >= 0.3 is 0 Å². The van der Waals surface area contributed by atoms with Crippen molar-refractivity contribution in [2.75, 3.05) is 10.6 Å². The SMILES string of the molecule is Cc1cc(NC(=O)c2cc(C(=O)Nc3cccc(Cl)c3Cl)ccn2)no1. The third-order valence-corrected chi connectivity index (χ3v) is 4.14. The summed E-state index contributed by atoms with van der Waals surface area (Å²) in [5.41, 5.74) is 0.651. The number of carbonyl (C=O) groups excluding carboxylic acids is 2. The van der Waals surface area contributed by atoms with E-state index in [-0.39, 0.29) is 22.1 Å². The molecule has 132 valence electrons. The van der Waals surface area contributed by atoms with E-state index in [4.69, 9.17) is 27.7 Å². The highest BCUT2D eigenvalue weighted by Crippen LogP contribution is 2.29. The number of anilines is 2. The molecule has 0 unspecified atom stereocenters. The molecule has 0 fully saturated rings. The monoisotopic (exact) mass is 390 g/mol. The molecule has 0 atom stereocenters. The van der Waals surface area contributed by atoms with Crippen LogP contribution in [-0.2, 0) is 0 Å². The molecule has 0 aliphatic heterocycles. The van der Waals surface area contributed by atoms with Crippen LogP contribution in [0.2, 0.25) is 10.0 Å². The van der Waals surface area contributed by atoms with Gasteiger partial charge in [-0.05, 0) is 31.2 Å². The van der Waals surface area contributed by atoms with E-state index in [9.17, 15) is 9.59 Å². The third-order valence-electron chi connectivity index (χ3n) is 3.32. The molecule has 9 heteroatoms. The molecule has 0 saturated heterocycles. The van der Waals surface area contributed by atoms with Crippen molar-refractivity contribution in [1.82, 2.24) is 10.1 Å². The topological polar surface area (TPSA) is 97.1 Å². The second kappa shape index (κ2) is 7.55.